The van der Waals surface area contributed by atoms with Crippen molar-refractivity contribution in [3.63, 3.8) is 0 Å². The highest BCUT2D eigenvalue weighted by atomic mass is 79.9. The van der Waals surface area contributed by atoms with Crippen molar-refractivity contribution in [3.8, 4) is 0 Å². The van der Waals surface area contributed by atoms with Crippen molar-refractivity contribution in [3.05, 3.63) is 20.8 Å². The molecule has 0 bridgehead atoms. The van der Waals surface area contributed by atoms with Crippen LogP contribution in [0.15, 0.2) is 15.9 Å². The summed E-state index contributed by atoms with van der Waals surface area (Å²) in [4.78, 5) is 1.33. The average Bonchev–Trinajstić information content (AvgIpc) is 2.68. The van der Waals surface area contributed by atoms with Gasteiger partial charge in [-0.25, -0.2) is 0 Å². The molecule has 5 heteroatoms. The van der Waals surface area contributed by atoms with E-state index in [4.69, 9.17) is 10.6 Å². The van der Waals surface area contributed by atoms with E-state index < -0.39 is 0 Å². The smallest absolute Gasteiger partial charge is 0.0481 e. The second-order valence-corrected chi connectivity index (χ2v) is 5.52. The number of thiophene rings is 1. The summed E-state index contributed by atoms with van der Waals surface area (Å²) in [7, 11) is 0. The lowest BCUT2D eigenvalue weighted by Crippen LogP contribution is -2.37. The van der Waals surface area contributed by atoms with Crippen LogP contribution in [-0.4, -0.2) is 19.3 Å². The van der Waals surface area contributed by atoms with E-state index in [1.807, 2.05) is 0 Å². The molecule has 1 atom stereocenters. The van der Waals surface area contributed by atoms with Crippen LogP contribution in [0.3, 0.4) is 0 Å². The zero-order valence-electron chi connectivity index (χ0n) is 9.54. The molecule has 0 aliphatic carbocycles. The van der Waals surface area contributed by atoms with Crippen molar-refractivity contribution < 1.29 is 4.74 Å². The highest BCUT2D eigenvalue weighted by Gasteiger charge is 2.10. The summed E-state index contributed by atoms with van der Waals surface area (Å²) in [5, 5.41) is 2.08. The first-order chi connectivity index (χ1) is 7.77. The van der Waals surface area contributed by atoms with Gasteiger partial charge >= 0.3 is 0 Å². The van der Waals surface area contributed by atoms with Gasteiger partial charge < -0.3 is 4.74 Å². The van der Waals surface area contributed by atoms with E-state index in [1.54, 1.807) is 11.3 Å². The minimum Gasteiger partial charge on any atom is -0.381 e. The molecule has 3 nitrogen and oxygen atoms in total. The van der Waals surface area contributed by atoms with E-state index in [-0.39, 0.29) is 6.04 Å². The Morgan fingerprint density at radius 3 is 2.94 bits per heavy atom. The second-order valence-electron chi connectivity index (χ2n) is 3.66. The van der Waals surface area contributed by atoms with Gasteiger partial charge in [0.15, 0.2) is 0 Å². The number of halogens is 1. The first-order valence-electron chi connectivity index (χ1n) is 5.53. The van der Waals surface area contributed by atoms with Crippen molar-refractivity contribution in [2.75, 3.05) is 13.2 Å². The Kier molecular flexibility index (Phi) is 7.23. The van der Waals surface area contributed by atoms with Gasteiger partial charge in [0.1, 0.15) is 0 Å². The lowest BCUT2D eigenvalue weighted by atomic mass is 10.1. The number of nitrogens with two attached hydrogens (primary N) is 1. The molecule has 0 aliphatic rings. The lowest BCUT2D eigenvalue weighted by molar-refractivity contribution is 0.124. The van der Waals surface area contributed by atoms with Crippen molar-refractivity contribution >= 4 is 27.3 Å². The summed E-state index contributed by atoms with van der Waals surface area (Å²) in [6.07, 6.45) is 2.96. The van der Waals surface area contributed by atoms with Crippen LogP contribution in [0.25, 0.3) is 0 Å². The molecule has 0 saturated carbocycles. The van der Waals surface area contributed by atoms with Crippen LogP contribution in [0.4, 0.5) is 0 Å². The molecule has 92 valence electrons. The number of hydrogen-bond donors (Lipinski definition) is 2. The fourth-order valence-electron chi connectivity index (χ4n) is 1.41. The van der Waals surface area contributed by atoms with Crippen molar-refractivity contribution in [1.82, 2.24) is 5.43 Å². The van der Waals surface area contributed by atoms with Crippen LogP contribution in [0, 0.1) is 0 Å². The Morgan fingerprint density at radius 2 is 2.38 bits per heavy atom. The van der Waals surface area contributed by atoms with Gasteiger partial charge in [0.2, 0.25) is 0 Å². The summed E-state index contributed by atoms with van der Waals surface area (Å²) in [6, 6.07) is 2.35. The van der Waals surface area contributed by atoms with E-state index in [2.05, 4.69) is 39.7 Å². The maximum Gasteiger partial charge on any atom is 0.0481 e. The number of nitrogens with one attached hydrogen (secondary N) is 1. The summed E-state index contributed by atoms with van der Waals surface area (Å²) >= 11 is 5.28. The molecule has 16 heavy (non-hydrogen) atoms. The molecule has 0 amide bonds. The summed E-state index contributed by atoms with van der Waals surface area (Å²) in [6.45, 7) is 3.72. The maximum atomic E-state index is 5.54. The van der Waals surface area contributed by atoms with Gasteiger partial charge in [0.05, 0.1) is 0 Å². The normalized spacial score (nSPS) is 12.9. The van der Waals surface area contributed by atoms with E-state index >= 15 is 0 Å². The number of hydrazine groups is 1. The topological polar surface area (TPSA) is 47.3 Å². The molecule has 0 spiro atoms. The van der Waals surface area contributed by atoms with Gasteiger partial charge in [-0.15, -0.1) is 11.3 Å². The van der Waals surface area contributed by atoms with Crippen LogP contribution in [-0.2, 0) is 11.2 Å². The van der Waals surface area contributed by atoms with E-state index in [1.165, 1.54) is 9.35 Å². The molecule has 1 aromatic heterocycles. The van der Waals surface area contributed by atoms with Gasteiger partial charge in [-0.2, -0.15) is 0 Å². The minimum absolute atomic E-state index is 0.284. The first kappa shape index (κ1) is 14.1. The Morgan fingerprint density at radius 1 is 1.56 bits per heavy atom. The molecule has 1 unspecified atom stereocenters. The zero-order valence-corrected chi connectivity index (χ0v) is 11.9. The molecule has 0 fully saturated rings. The molecule has 0 aliphatic heterocycles. The van der Waals surface area contributed by atoms with Gasteiger partial charge in [-0.1, -0.05) is 6.92 Å². The predicted molar refractivity (Wildman–Crippen MR) is 72.6 cm³/mol. The van der Waals surface area contributed by atoms with Crippen LogP contribution in [0.5, 0.6) is 0 Å². The number of ether oxygens (including phenoxy) is 1. The molecule has 0 radical (unpaired) electrons. The van der Waals surface area contributed by atoms with Crippen LogP contribution < -0.4 is 11.3 Å². The van der Waals surface area contributed by atoms with E-state index in [9.17, 15) is 0 Å². The highest BCUT2D eigenvalue weighted by Crippen LogP contribution is 2.24. The molecule has 1 aromatic rings. The predicted octanol–water partition coefficient (Wildman–Crippen LogP) is 2.70. The second kappa shape index (κ2) is 8.20. The Bertz CT molecular complexity index is 293. The van der Waals surface area contributed by atoms with Gasteiger partial charge in [0.25, 0.3) is 0 Å². The van der Waals surface area contributed by atoms with Crippen molar-refractivity contribution in [2.24, 2.45) is 5.84 Å². The largest absolute Gasteiger partial charge is 0.381 e. The van der Waals surface area contributed by atoms with Gasteiger partial charge in [-0.3, -0.25) is 11.3 Å². The standard InChI is InChI=1S/C11H19BrN2OS/c1-2-5-15-6-3-9(14-13)8-11-10(12)4-7-16-11/h4,7,9,14H,2-3,5-6,8,13H2,1H3. The monoisotopic (exact) mass is 306 g/mol. The average molecular weight is 307 g/mol. The van der Waals surface area contributed by atoms with Crippen LogP contribution in [0.1, 0.15) is 24.6 Å². The molecular weight excluding hydrogens is 288 g/mol. The first-order valence-corrected chi connectivity index (χ1v) is 7.21. The third-order valence-corrected chi connectivity index (χ3v) is 4.27. The Labute approximate surface area is 109 Å². The molecule has 0 aromatic carbocycles. The van der Waals surface area contributed by atoms with Gasteiger partial charge in [0, 0.05) is 28.6 Å². The minimum atomic E-state index is 0.284. The zero-order chi connectivity index (χ0) is 11.8. The SMILES string of the molecule is CCCOCCC(Cc1sccc1Br)NN. The maximum absolute atomic E-state index is 5.54. The fraction of sp³-hybridized carbons (Fsp3) is 0.636. The fourth-order valence-corrected chi connectivity index (χ4v) is 3.01. The molecule has 3 N–H and O–H groups in total. The quantitative estimate of drug-likeness (QED) is 0.441. The van der Waals surface area contributed by atoms with E-state index in [0.29, 0.717) is 0 Å². The van der Waals surface area contributed by atoms with Gasteiger partial charge in [-0.05, 0) is 46.6 Å². The van der Waals surface area contributed by atoms with Crippen LogP contribution in [0.2, 0.25) is 0 Å². The van der Waals surface area contributed by atoms with Crippen molar-refractivity contribution in [2.45, 2.75) is 32.2 Å². The summed E-state index contributed by atoms with van der Waals surface area (Å²) in [5.41, 5.74) is 2.85. The Hall–Kier alpha value is 0.0600. The van der Waals surface area contributed by atoms with Crippen LogP contribution >= 0.6 is 27.3 Å². The van der Waals surface area contributed by atoms with Crippen molar-refractivity contribution in [1.29, 1.82) is 0 Å². The molecule has 1 rings (SSSR count). The molecule has 0 saturated heterocycles. The molecule has 1 heterocycles. The van der Waals surface area contributed by atoms with E-state index in [0.717, 1.165) is 32.5 Å². The Balaban J connectivity index is 2.29. The molecular formula is C11H19BrN2OS. The summed E-state index contributed by atoms with van der Waals surface area (Å²) in [5.74, 6) is 5.54. The number of hydrogen-bond acceptors (Lipinski definition) is 4. The third kappa shape index (κ3) is 4.93. The number of rotatable bonds is 8. The lowest BCUT2D eigenvalue weighted by Gasteiger charge is -2.15. The highest BCUT2D eigenvalue weighted by molar-refractivity contribution is 9.10. The summed E-state index contributed by atoms with van der Waals surface area (Å²) < 4.78 is 6.63. The third-order valence-electron chi connectivity index (χ3n) is 2.32.